The molecule has 0 aliphatic rings. The van der Waals surface area contributed by atoms with Gasteiger partial charge in [0.05, 0.1) is 30.8 Å². The van der Waals surface area contributed by atoms with E-state index in [1.807, 2.05) is 80.6 Å². The van der Waals surface area contributed by atoms with Gasteiger partial charge < -0.3 is 19.4 Å². The highest BCUT2D eigenvalue weighted by atomic mass is 16.5. The number of ether oxygens (including phenoxy) is 2. The molecule has 1 N–H and O–H groups in total. The van der Waals surface area contributed by atoms with Crippen LogP contribution >= 0.6 is 0 Å². The van der Waals surface area contributed by atoms with Crippen molar-refractivity contribution in [1.82, 2.24) is 14.9 Å². The Kier molecular flexibility index (Phi) is 7.48. The van der Waals surface area contributed by atoms with Crippen LogP contribution in [0.4, 0.5) is 0 Å². The van der Waals surface area contributed by atoms with Crippen LogP contribution in [-0.2, 0) is 6.54 Å². The number of imidazole rings is 1. The molecule has 1 unspecified atom stereocenters. The van der Waals surface area contributed by atoms with E-state index in [0.29, 0.717) is 12.2 Å². The quantitative estimate of drug-likeness (QED) is 0.310. The normalized spacial score (nSPS) is 11.9. The van der Waals surface area contributed by atoms with Crippen LogP contribution in [0.15, 0.2) is 72.8 Å². The predicted molar refractivity (Wildman–Crippen MR) is 135 cm³/mol. The number of para-hydroxylation sites is 2. The molecule has 34 heavy (non-hydrogen) atoms. The van der Waals surface area contributed by atoms with Gasteiger partial charge in [-0.05, 0) is 75.2 Å². The molecule has 4 aromatic rings. The maximum atomic E-state index is 12.8. The number of nitrogens with one attached hydrogen (secondary N) is 1. The lowest BCUT2D eigenvalue weighted by molar-refractivity contribution is 0.0937. The topological polar surface area (TPSA) is 65.4 Å². The maximum absolute atomic E-state index is 12.8. The molecule has 0 radical (unpaired) electrons. The number of fused-ring (bicyclic) bond motifs is 1. The first-order valence-corrected chi connectivity index (χ1v) is 11.6. The fourth-order valence-electron chi connectivity index (χ4n) is 3.94. The molecule has 0 bridgehead atoms. The third-order valence-electron chi connectivity index (χ3n) is 5.84. The number of hydrogen-bond donors (Lipinski definition) is 1. The number of aromatic nitrogens is 2. The van der Waals surface area contributed by atoms with E-state index < -0.39 is 0 Å². The lowest BCUT2D eigenvalue weighted by Gasteiger charge is -2.17. The number of methoxy groups -OCH3 is 1. The van der Waals surface area contributed by atoms with E-state index in [-0.39, 0.29) is 11.9 Å². The second kappa shape index (κ2) is 10.9. The second-order valence-electron chi connectivity index (χ2n) is 8.40. The number of benzene rings is 3. The third kappa shape index (κ3) is 5.57. The highest BCUT2D eigenvalue weighted by molar-refractivity contribution is 5.94. The van der Waals surface area contributed by atoms with Gasteiger partial charge in [-0.3, -0.25) is 4.79 Å². The van der Waals surface area contributed by atoms with Crippen molar-refractivity contribution in [2.75, 3.05) is 13.7 Å². The second-order valence-corrected chi connectivity index (χ2v) is 8.40. The molecule has 1 aromatic heterocycles. The van der Waals surface area contributed by atoms with E-state index in [4.69, 9.17) is 14.5 Å². The smallest absolute Gasteiger partial charge is 0.251 e. The van der Waals surface area contributed by atoms with Crippen molar-refractivity contribution in [2.24, 2.45) is 0 Å². The van der Waals surface area contributed by atoms with Crippen LogP contribution < -0.4 is 14.8 Å². The largest absolute Gasteiger partial charge is 0.497 e. The summed E-state index contributed by atoms with van der Waals surface area (Å²) in [6, 6.07) is 23.1. The van der Waals surface area contributed by atoms with Gasteiger partial charge in [0.2, 0.25) is 0 Å². The molecule has 3 aromatic carbocycles. The summed E-state index contributed by atoms with van der Waals surface area (Å²) in [4.78, 5) is 17.6. The highest BCUT2D eigenvalue weighted by Gasteiger charge is 2.19. The summed E-state index contributed by atoms with van der Waals surface area (Å²) >= 11 is 0. The number of carbonyl (C=O) groups excluding carboxylic acids is 1. The standard InChI is InChI=1S/C28H31N3O3/c1-20-10-12-22(13-11-20)28(32)29-21(2)27-30-25-8-4-5-9-26(25)31(27)18-6-7-19-34-24-16-14-23(33-3)15-17-24/h4-5,8-17,21H,6-7,18-19H2,1-3H3,(H,29,32). The first-order chi connectivity index (χ1) is 16.5. The van der Waals surface area contributed by atoms with E-state index in [0.717, 1.165) is 53.3 Å². The monoisotopic (exact) mass is 457 g/mol. The molecule has 176 valence electrons. The van der Waals surface area contributed by atoms with Crippen LogP contribution in [-0.4, -0.2) is 29.2 Å². The average molecular weight is 458 g/mol. The molecular weight excluding hydrogens is 426 g/mol. The average Bonchev–Trinajstić information content (AvgIpc) is 3.23. The number of carbonyl (C=O) groups is 1. The number of amides is 1. The lowest BCUT2D eigenvalue weighted by atomic mass is 10.1. The maximum Gasteiger partial charge on any atom is 0.251 e. The summed E-state index contributed by atoms with van der Waals surface area (Å²) in [6.07, 6.45) is 1.84. The van der Waals surface area contributed by atoms with Gasteiger partial charge in [0, 0.05) is 12.1 Å². The Bertz CT molecular complexity index is 1230. The molecule has 1 atom stereocenters. The Morgan fingerprint density at radius 2 is 1.68 bits per heavy atom. The summed E-state index contributed by atoms with van der Waals surface area (Å²) in [5.74, 6) is 2.41. The van der Waals surface area contributed by atoms with Crippen LogP contribution in [0.1, 0.15) is 47.6 Å². The van der Waals surface area contributed by atoms with Crippen molar-refractivity contribution in [3.05, 3.63) is 89.7 Å². The van der Waals surface area contributed by atoms with Gasteiger partial charge in [0.15, 0.2) is 0 Å². The number of unbranched alkanes of at least 4 members (excludes halogenated alkanes) is 1. The Balaban J connectivity index is 1.40. The predicted octanol–water partition coefficient (Wildman–Crippen LogP) is 5.70. The SMILES string of the molecule is COc1ccc(OCCCCn2c(C(C)NC(=O)c3ccc(C)cc3)nc3ccccc32)cc1. The Morgan fingerprint density at radius 3 is 2.41 bits per heavy atom. The van der Waals surface area contributed by atoms with Crippen molar-refractivity contribution in [2.45, 2.75) is 39.3 Å². The van der Waals surface area contributed by atoms with Crippen LogP contribution in [0.25, 0.3) is 11.0 Å². The van der Waals surface area contributed by atoms with Gasteiger partial charge in [0.25, 0.3) is 5.91 Å². The Morgan fingerprint density at radius 1 is 0.971 bits per heavy atom. The van der Waals surface area contributed by atoms with E-state index >= 15 is 0 Å². The van der Waals surface area contributed by atoms with Gasteiger partial charge in [0.1, 0.15) is 17.3 Å². The lowest BCUT2D eigenvalue weighted by Crippen LogP contribution is -2.28. The van der Waals surface area contributed by atoms with Crippen LogP contribution in [0, 0.1) is 6.92 Å². The van der Waals surface area contributed by atoms with Crippen LogP contribution in [0.3, 0.4) is 0 Å². The number of hydrogen-bond acceptors (Lipinski definition) is 4. The van der Waals surface area contributed by atoms with Crippen LogP contribution in [0.5, 0.6) is 11.5 Å². The fraction of sp³-hybridized carbons (Fsp3) is 0.286. The molecule has 4 rings (SSSR count). The van der Waals surface area contributed by atoms with Crippen molar-refractivity contribution in [3.63, 3.8) is 0 Å². The van der Waals surface area contributed by atoms with Gasteiger partial charge >= 0.3 is 0 Å². The zero-order chi connectivity index (χ0) is 23.9. The van der Waals surface area contributed by atoms with Crippen molar-refractivity contribution in [1.29, 1.82) is 0 Å². The molecule has 0 aliphatic carbocycles. The van der Waals surface area contributed by atoms with Crippen molar-refractivity contribution in [3.8, 4) is 11.5 Å². The van der Waals surface area contributed by atoms with E-state index in [1.165, 1.54) is 0 Å². The molecule has 0 aliphatic heterocycles. The Labute approximate surface area is 200 Å². The summed E-state index contributed by atoms with van der Waals surface area (Å²) in [5, 5.41) is 3.11. The van der Waals surface area contributed by atoms with Gasteiger partial charge in [-0.25, -0.2) is 4.98 Å². The van der Waals surface area contributed by atoms with E-state index in [9.17, 15) is 4.79 Å². The first kappa shape index (κ1) is 23.4. The summed E-state index contributed by atoms with van der Waals surface area (Å²) in [7, 11) is 1.65. The molecule has 6 heteroatoms. The first-order valence-electron chi connectivity index (χ1n) is 11.6. The minimum Gasteiger partial charge on any atom is -0.497 e. The zero-order valence-electron chi connectivity index (χ0n) is 20.0. The molecule has 6 nitrogen and oxygen atoms in total. The van der Waals surface area contributed by atoms with Gasteiger partial charge in [-0.2, -0.15) is 0 Å². The highest BCUT2D eigenvalue weighted by Crippen LogP contribution is 2.22. The third-order valence-corrected chi connectivity index (χ3v) is 5.84. The molecule has 0 spiro atoms. The molecule has 1 amide bonds. The number of nitrogens with zero attached hydrogens (tertiary/aromatic N) is 2. The molecular formula is C28H31N3O3. The summed E-state index contributed by atoms with van der Waals surface area (Å²) < 4.78 is 13.3. The minimum atomic E-state index is -0.225. The van der Waals surface area contributed by atoms with E-state index in [2.05, 4.69) is 16.0 Å². The summed E-state index contributed by atoms with van der Waals surface area (Å²) in [5.41, 5.74) is 3.78. The van der Waals surface area contributed by atoms with Crippen molar-refractivity contribution >= 4 is 16.9 Å². The fourth-order valence-corrected chi connectivity index (χ4v) is 3.94. The van der Waals surface area contributed by atoms with Gasteiger partial charge in [-0.1, -0.05) is 29.8 Å². The number of aryl methyl sites for hydroxylation is 2. The molecule has 1 heterocycles. The van der Waals surface area contributed by atoms with Gasteiger partial charge in [-0.15, -0.1) is 0 Å². The number of rotatable bonds is 10. The molecule has 0 fully saturated rings. The summed E-state index contributed by atoms with van der Waals surface area (Å²) in [6.45, 7) is 5.42. The van der Waals surface area contributed by atoms with Crippen molar-refractivity contribution < 1.29 is 14.3 Å². The van der Waals surface area contributed by atoms with E-state index in [1.54, 1.807) is 7.11 Å². The molecule has 0 saturated heterocycles. The minimum absolute atomic E-state index is 0.0982. The zero-order valence-corrected chi connectivity index (χ0v) is 20.0. The molecule has 0 saturated carbocycles. The Hall–Kier alpha value is -3.80. The van der Waals surface area contributed by atoms with Crippen LogP contribution in [0.2, 0.25) is 0 Å².